The molecular formula is C19H19ClN6O2. The number of ether oxygens (including phenoxy) is 2. The first-order valence-corrected chi connectivity index (χ1v) is 9.53. The van der Waals surface area contributed by atoms with E-state index in [0.717, 1.165) is 47.9 Å². The van der Waals surface area contributed by atoms with Crippen molar-refractivity contribution >= 4 is 22.5 Å². The Morgan fingerprint density at radius 3 is 2.93 bits per heavy atom. The van der Waals surface area contributed by atoms with Crippen LogP contribution in [0.15, 0.2) is 36.9 Å². The molecular weight excluding hydrogens is 380 g/mol. The Hall–Kier alpha value is -2.84. The van der Waals surface area contributed by atoms with Gasteiger partial charge in [0, 0.05) is 35.2 Å². The molecule has 1 aromatic carbocycles. The molecule has 9 heteroatoms. The van der Waals surface area contributed by atoms with Crippen LogP contribution >= 0.6 is 11.6 Å². The molecule has 5 rings (SSSR count). The van der Waals surface area contributed by atoms with Crippen LogP contribution in [0.5, 0.6) is 5.75 Å². The summed E-state index contributed by atoms with van der Waals surface area (Å²) in [6, 6.07) is 3.71. The van der Waals surface area contributed by atoms with Gasteiger partial charge >= 0.3 is 0 Å². The third-order valence-electron chi connectivity index (χ3n) is 5.07. The van der Waals surface area contributed by atoms with Gasteiger partial charge in [-0.2, -0.15) is 15.4 Å². The minimum atomic E-state index is -0.0114. The summed E-state index contributed by atoms with van der Waals surface area (Å²) in [5.41, 5.74) is 2.84. The highest BCUT2D eigenvalue weighted by Gasteiger charge is 2.21. The minimum absolute atomic E-state index is 0.0114. The van der Waals surface area contributed by atoms with Crippen LogP contribution in [0.2, 0.25) is 5.02 Å². The Bertz CT molecular complexity index is 1110. The van der Waals surface area contributed by atoms with Gasteiger partial charge in [0.15, 0.2) is 5.82 Å². The number of rotatable bonds is 4. The van der Waals surface area contributed by atoms with Crippen molar-refractivity contribution in [2.24, 2.45) is 0 Å². The number of hydrogen-bond acceptors (Lipinski definition) is 5. The third-order valence-corrected chi connectivity index (χ3v) is 5.28. The van der Waals surface area contributed by atoms with E-state index >= 15 is 0 Å². The monoisotopic (exact) mass is 398 g/mol. The van der Waals surface area contributed by atoms with E-state index in [0.29, 0.717) is 16.6 Å². The fourth-order valence-electron chi connectivity index (χ4n) is 3.74. The average Bonchev–Trinajstić information content (AvgIpc) is 3.46. The second-order valence-corrected chi connectivity index (χ2v) is 7.21. The van der Waals surface area contributed by atoms with Gasteiger partial charge < -0.3 is 9.47 Å². The summed E-state index contributed by atoms with van der Waals surface area (Å²) in [5, 5.41) is 16.9. The molecule has 0 radical (unpaired) electrons. The second kappa shape index (κ2) is 6.96. The van der Waals surface area contributed by atoms with Gasteiger partial charge in [-0.1, -0.05) is 11.6 Å². The summed E-state index contributed by atoms with van der Waals surface area (Å²) < 4.78 is 15.3. The number of hydrogen-bond donors (Lipinski definition) is 1. The van der Waals surface area contributed by atoms with Gasteiger partial charge in [0.05, 0.1) is 30.4 Å². The Morgan fingerprint density at radius 2 is 2.18 bits per heavy atom. The quantitative estimate of drug-likeness (QED) is 0.562. The number of aromatic amines is 1. The predicted molar refractivity (Wildman–Crippen MR) is 105 cm³/mol. The molecule has 1 unspecified atom stereocenters. The molecule has 1 saturated heterocycles. The Morgan fingerprint density at radius 1 is 1.25 bits per heavy atom. The first-order valence-electron chi connectivity index (χ1n) is 9.15. The third kappa shape index (κ3) is 2.85. The summed E-state index contributed by atoms with van der Waals surface area (Å²) >= 11 is 6.33. The topological polar surface area (TPSA) is 82.8 Å². The minimum Gasteiger partial charge on any atom is -0.496 e. The van der Waals surface area contributed by atoms with E-state index in [1.807, 2.05) is 40.0 Å². The van der Waals surface area contributed by atoms with E-state index in [2.05, 4.69) is 20.5 Å². The van der Waals surface area contributed by atoms with Crippen LogP contribution in [0, 0.1) is 0 Å². The summed E-state index contributed by atoms with van der Waals surface area (Å²) in [6.45, 7) is 0.775. The van der Waals surface area contributed by atoms with Gasteiger partial charge in [-0.15, -0.1) is 5.10 Å². The highest BCUT2D eigenvalue weighted by atomic mass is 35.5. The van der Waals surface area contributed by atoms with Crippen LogP contribution in [0.4, 0.5) is 0 Å². The van der Waals surface area contributed by atoms with Crippen LogP contribution in [-0.2, 0) is 4.74 Å². The van der Waals surface area contributed by atoms with Gasteiger partial charge in [-0.3, -0.25) is 4.57 Å². The van der Waals surface area contributed by atoms with Gasteiger partial charge in [-0.05, 0) is 31.4 Å². The summed E-state index contributed by atoms with van der Waals surface area (Å²) in [4.78, 5) is 0. The number of nitrogens with one attached hydrogen (secondary N) is 1. The molecule has 0 amide bonds. The Kier molecular flexibility index (Phi) is 4.29. The molecule has 1 aliphatic heterocycles. The fraction of sp³-hybridized carbons (Fsp3) is 0.316. The zero-order valence-corrected chi connectivity index (χ0v) is 16.1. The van der Waals surface area contributed by atoms with Gasteiger partial charge in [0.2, 0.25) is 0 Å². The lowest BCUT2D eigenvalue weighted by Crippen LogP contribution is -2.18. The molecule has 3 aromatic heterocycles. The van der Waals surface area contributed by atoms with E-state index in [4.69, 9.17) is 21.1 Å². The molecule has 0 aliphatic carbocycles. The molecule has 4 heterocycles. The molecule has 8 nitrogen and oxygen atoms in total. The predicted octanol–water partition coefficient (Wildman–Crippen LogP) is 3.97. The molecule has 4 aromatic rings. The highest BCUT2D eigenvalue weighted by Crippen LogP contribution is 2.40. The average molecular weight is 399 g/mol. The van der Waals surface area contributed by atoms with E-state index in [1.165, 1.54) is 0 Å². The Balaban J connectivity index is 1.68. The van der Waals surface area contributed by atoms with E-state index in [9.17, 15) is 0 Å². The van der Waals surface area contributed by atoms with Gasteiger partial charge in [-0.25, -0.2) is 4.68 Å². The zero-order chi connectivity index (χ0) is 19.1. The maximum atomic E-state index is 6.33. The SMILES string of the molecule is COc1cc(Cl)cc2c1c(-c1cnn(C3CCCCO3)c1)cn2-c1cn[nH]n1. The number of halogens is 1. The fourth-order valence-corrected chi connectivity index (χ4v) is 3.94. The van der Waals surface area contributed by atoms with Crippen LogP contribution in [0.3, 0.4) is 0 Å². The summed E-state index contributed by atoms with van der Waals surface area (Å²) in [5.74, 6) is 1.37. The van der Waals surface area contributed by atoms with Gasteiger partial charge in [0.25, 0.3) is 0 Å². The standard InChI is InChI=1S/C19H19ClN6O2/c1-27-16-7-13(20)6-15-19(16)14(11-25(15)17-9-21-24-23-17)12-8-22-26(10-12)18-4-2-3-5-28-18/h6-11,18H,2-5H2,1H3,(H,21,23,24). The first-order chi connectivity index (χ1) is 13.7. The van der Waals surface area contributed by atoms with Crippen molar-refractivity contribution < 1.29 is 9.47 Å². The summed E-state index contributed by atoms with van der Waals surface area (Å²) in [6.07, 6.45) is 10.8. The molecule has 0 spiro atoms. The maximum absolute atomic E-state index is 6.33. The number of H-pyrrole nitrogens is 1. The van der Waals surface area contributed by atoms with Gasteiger partial charge in [0.1, 0.15) is 12.0 Å². The number of nitrogens with zero attached hydrogens (tertiary/aromatic N) is 5. The van der Waals surface area contributed by atoms with E-state index in [1.54, 1.807) is 13.3 Å². The number of benzene rings is 1. The van der Waals surface area contributed by atoms with Crippen LogP contribution in [0.1, 0.15) is 25.5 Å². The summed E-state index contributed by atoms with van der Waals surface area (Å²) in [7, 11) is 1.64. The van der Waals surface area contributed by atoms with Crippen LogP contribution in [-0.4, -0.2) is 43.5 Å². The highest BCUT2D eigenvalue weighted by molar-refractivity contribution is 6.31. The van der Waals surface area contributed by atoms with E-state index < -0.39 is 0 Å². The lowest BCUT2D eigenvalue weighted by molar-refractivity contribution is -0.0394. The second-order valence-electron chi connectivity index (χ2n) is 6.77. The number of aromatic nitrogens is 6. The Labute approximate surface area is 166 Å². The van der Waals surface area contributed by atoms with Crippen molar-refractivity contribution in [2.45, 2.75) is 25.5 Å². The van der Waals surface area contributed by atoms with Crippen LogP contribution in [0.25, 0.3) is 27.8 Å². The molecule has 1 fully saturated rings. The largest absolute Gasteiger partial charge is 0.496 e. The van der Waals surface area contributed by atoms with Crippen molar-refractivity contribution in [2.75, 3.05) is 13.7 Å². The molecule has 28 heavy (non-hydrogen) atoms. The molecule has 0 saturated carbocycles. The molecule has 0 bridgehead atoms. The van der Waals surface area contributed by atoms with Crippen molar-refractivity contribution in [1.82, 2.24) is 29.8 Å². The zero-order valence-electron chi connectivity index (χ0n) is 15.3. The van der Waals surface area contributed by atoms with Crippen molar-refractivity contribution in [3.8, 4) is 22.7 Å². The molecule has 1 N–H and O–H groups in total. The van der Waals surface area contributed by atoms with Crippen molar-refractivity contribution in [1.29, 1.82) is 0 Å². The van der Waals surface area contributed by atoms with E-state index in [-0.39, 0.29) is 6.23 Å². The van der Waals surface area contributed by atoms with Crippen molar-refractivity contribution in [3.63, 3.8) is 0 Å². The lowest BCUT2D eigenvalue weighted by atomic mass is 10.1. The van der Waals surface area contributed by atoms with Crippen molar-refractivity contribution in [3.05, 3.63) is 41.9 Å². The molecule has 1 aliphatic rings. The molecule has 1 atom stereocenters. The number of methoxy groups -OCH3 is 1. The number of fused-ring (bicyclic) bond motifs is 1. The lowest BCUT2D eigenvalue weighted by Gasteiger charge is -2.22. The normalized spacial score (nSPS) is 17.3. The molecule has 144 valence electrons. The first kappa shape index (κ1) is 17.3. The van der Waals surface area contributed by atoms with Crippen LogP contribution < -0.4 is 4.74 Å². The maximum Gasteiger partial charge on any atom is 0.179 e. The smallest absolute Gasteiger partial charge is 0.179 e.